The van der Waals surface area contributed by atoms with Crippen LogP contribution in [0.1, 0.15) is 37.7 Å². The second-order valence-corrected chi connectivity index (χ2v) is 6.69. The number of nitrogens with zero attached hydrogens (tertiary/aromatic N) is 1. The number of rotatable bonds is 4. The van der Waals surface area contributed by atoms with Gasteiger partial charge in [0.05, 0.1) is 5.02 Å². The van der Waals surface area contributed by atoms with E-state index in [0.29, 0.717) is 29.4 Å². The Kier molecular flexibility index (Phi) is 4.09. The van der Waals surface area contributed by atoms with Gasteiger partial charge in [-0.05, 0) is 49.3 Å². The molecular formula is C16H20ClNO3. The summed E-state index contributed by atoms with van der Waals surface area (Å²) in [6.07, 6.45) is 4.58. The molecule has 2 bridgehead atoms. The van der Waals surface area contributed by atoms with E-state index >= 15 is 0 Å². The zero-order valence-electron chi connectivity index (χ0n) is 11.8. The molecule has 2 heterocycles. The van der Waals surface area contributed by atoms with Crippen molar-refractivity contribution in [2.75, 3.05) is 0 Å². The van der Waals surface area contributed by atoms with E-state index in [-0.39, 0.29) is 5.75 Å². The molecule has 3 rings (SSSR count). The van der Waals surface area contributed by atoms with Gasteiger partial charge >= 0.3 is 5.97 Å². The van der Waals surface area contributed by atoms with Gasteiger partial charge in [-0.1, -0.05) is 17.7 Å². The first-order valence-electron chi connectivity index (χ1n) is 7.48. The van der Waals surface area contributed by atoms with Crippen LogP contribution in [0, 0.1) is 5.92 Å². The van der Waals surface area contributed by atoms with Crippen molar-refractivity contribution in [1.29, 1.82) is 0 Å². The summed E-state index contributed by atoms with van der Waals surface area (Å²) in [5, 5.41) is 18.8. The number of phenolic OH excluding ortho intramolecular Hbond substituents is 1. The average molecular weight is 310 g/mol. The van der Waals surface area contributed by atoms with Crippen LogP contribution in [-0.4, -0.2) is 33.2 Å². The minimum atomic E-state index is -0.682. The molecule has 2 aliphatic heterocycles. The monoisotopic (exact) mass is 309 g/mol. The number of piperidine rings is 1. The zero-order chi connectivity index (χ0) is 15.0. The van der Waals surface area contributed by atoms with Crippen LogP contribution >= 0.6 is 11.6 Å². The Morgan fingerprint density at radius 2 is 1.95 bits per heavy atom. The maximum Gasteiger partial charge on any atom is 0.303 e. The molecule has 0 aliphatic carbocycles. The number of hydrogen-bond acceptors (Lipinski definition) is 3. The molecule has 5 heteroatoms. The number of carbonyl (C=O) groups is 1. The Balaban J connectivity index is 1.67. The Hall–Kier alpha value is -1.26. The number of halogens is 1. The quantitative estimate of drug-likeness (QED) is 0.896. The zero-order valence-corrected chi connectivity index (χ0v) is 12.6. The minimum Gasteiger partial charge on any atom is -0.506 e. The van der Waals surface area contributed by atoms with E-state index in [0.717, 1.165) is 37.8 Å². The number of hydrogen-bond donors (Lipinski definition) is 2. The van der Waals surface area contributed by atoms with Gasteiger partial charge in [-0.3, -0.25) is 9.69 Å². The van der Waals surface area contributed by atoms with E-state index in [1.807, 2.05) is 12.1 Å². The van der Waals surface area contributed by atoms with Gasteiger partial charge in [0.2, 0.25) is 0 Å². The van der Waals surface area contributed by atoms with Crippen molar-refractivity contribution in [2.45, 2.75) is 50.7 Å². The Morgan fingerprint density at radius 1 is 1.29 bits per heavy atom. The molecule has 0 spiro atoms. The SMILES string of the molecule is O=C(O)CC1CC2CCC(C1)N2Cc1ccc(O)c(Cl)c1. The van der Waals surface area contributed by atoms with E-state index in [4.69, 9.17) is 16.7 Å². The first kappa shape index (κ1) is 14.7. The number of phenols is 1. The van der Waals surface area contributed by atoms with Crippen molar-refractivity contribution in [2.24, 2.45) is 5.92 Å². The highest BCUT2D eigenvalue weighted by molar-refractivity contribution is 6.32. The maximum absolute atomic E-state index is 10.9. The van der Waals surface area contributed by atoms with Crippen molar-refractivity contribution in [3.8, 4) is 5.75 Å². The van der Waals surface area contributed by atoms with E-state index < -0.39 is 5.97 Å². The lowest BCUT2D eigenvalue weighted by Gasteiger charge is -2.38. The molecule has 0 saturated carbocycles. The topological polar surface area (TPSA) is 60.8 Å². The largest absolute Gasteiger partial charge is 0.506 e. The maximum atomic E-state index is 10.9. The third-order valence-corrected chi connectivity index (χ3v) is 5.13. The first-order chi connectivity index (χ1) is 10.0. The van der Waals surface area contributed by atoms with E-state index in [9.17, 15) is 9.90 Å². The molecular weight excluding hydrogens is 290 g/mol. The molecule has 2 unspecified atom stereocenters. The van der Waals surface area contributed by atoms with Gasteiger partial charge in [-0.2, -0.15) is 0 Å². The fourth-order valence-corrected chi connectivity index (χ4v) is 4.12. The standard InChI is InChI=1S/C16H20ClNO3/c17-14-7-10(1-4-15(14)19)9-18-12-2-3-13(18)6-11(5-12)8-16(20)21/h1,4,7,11-13,19H,2-3,5-6,8-9H2,(H,20,21). The summed E-state index contributed by atoms with van der Waals surface area (Å²) >= 11 is 5.97. The molecule has 0 radical (unpaired) electrons. The molecule has 2 aliphatic rings. The second-order valence-electron chi connectivity index (χ2n) is 6.28. The molecule has 114 valence electrons. The van der Waals surface area contributed by atoms with Gasteiger partial charge in [0, 0.05) is 25.0 Å². The van der Waals surface area contributed by atoms with Gasteiger partial charge in [0.25, 0.3) is 0 Å². The van der Waals surface area contributed by atoms with Gasteiger partial charge in [0.1, 0.15) is 5.75 Å². The van der Waals surface area contributed by atoms with Gasteiger partial charge < -0.3 is 10.2 Å². The lowest BCUT2D eigenvalue weighted by Crippen LogP contribution is -2.42. The highest BCUT2D eigenvalue weighted by atomic mass is 35.5. The Bertz CT molecular complexity index is 534. The van der Waals surface area contributed by atoms with Crippen LogP contribution in [0.4, 0.5) is 0 Å². The summed E-state index contributed by atoms with van der Waals surface area (Å²) in [7, 11) is 0. The van der Waals surface area contributed by atoms with Crippen LogP contribution in [0.2, 0.25) is 5.02 Å². The fourth-order valence-electron chi connectivity index (χ4n) is 3.92. The number of aromatic hydroxyl groups is 1. The average Bonchev–Trinajstić information content (AvgIpc) is 2.65. The normalized spacial score (nSPS) is 28.7. The van der Waals surface area contributed by atoms with Gasteiger partial charge in [-0.15, -0.1) is 0 Å². The van der Waals surface area contributed by atoms with Crippen LogP contribution in [0.25, 0.3) is 0 Å². The summed E-state index contributed by atoms with van der Waals surface area (Å²) in [5.41, 5.74) is 1.10. The lowest BCUT2D eigenvalue weighted by atomic mass is 9.88. The molecule has 4 nitrogen and oxygen atoms in total. The van der Waals surface area contributed by atoms with Crippen molar-refractivity contribution in [3.63, 3.8) is 0 Å². The van der Waals surface area contributed by atoms with Gasteiger partial charge in [-0.25, -0.2) is 0 Å². The van der Waals surface area contributed by atoms with Crippen LogP contribution in [0.3, 0.4) is 0 Å². The molecule has 0 aromatic heterocycles. The van der Waals surface area contributed by atoms with Crippen LogP contribution < -0.4 is 0 Å². The summed E-state index contributed by atoms with van der Waals surface area (Å²) in [6, 6.07) is 6.33. The highest BCUT2D eigenvalue weighted by Crippen LogP contribution is 2.41. The van der Waals surface area contributed by atoms with E-state index in [2.05, 4.69) is 4.90 Å². The van der Waals surface area contributed by atoms with Crippen LogP contribution in [-0.2, 0) is 11.3 Å². The summed E-state index contributed by atoms with van der Waals surface area (Å²) < 4.78 is 0. The molecule has 2 N–H and O–H groups in total. The van der Waals surface area contributed by atoms with E-state index in [1.165, 1.54) is 0 Å². The molecule has 2 atom stereocenters. The minimum absolute atomic E-state index is 0.114. The molecule has 1 aromatic carbocycles. The summed E-state index contributed by atoms with van der Waals surface area (Å²) in [5.74, 6) is -0.249. The lowest BCUT2D eigenvalue weighted by molar-refractivity contribution is -0.138. The predicted octanol–water partition coefficient (Wildman–Crippen LogP) is 3.26. The molecule has 2 fully saturated rings. The number of aliphatic carboxylic acids is 1. The number of fused-ring (bicyclic) bond motifs is 2. The molecule has 0 amide bonds. The Labute approximate surface area is 129 Å². The fraction of sp³-hybridized carbons (Fsp3) is 0.562. The third-order valence-electron chi connectivity index (χ3n) is 4.82. The summed E-state index contributed by atoms with van der Waals surface area (Å²) in [6.45, 7) is 0.828. The number of benzene rings is 1. The van der Waals surface area contributed by atoms with Crippen molar-refractivity contribution in [3.05, 3.63) is 28.8 Å². The smallest absolute Gasteiger partial charge is 0.303 e. The number of carboxylic acids is 1. The van der Waals surface area contributed by atoms with E-state index in [1.54, 1.807) is 6.07 Å². The van der Waals surface area contributed by atoms with Crippen LogP contribution in [0.15, 0.2) is 18.2 Å². The first-order valence-corrected chi connectivity index (χ1v) is 7.85. The van der Waals surface area contributed by atoms with Crippen molar-refractivity contribution >= 4 is 17.6 Å². The van der Waals surface area contributed by atoms with Gasteiger partial charge in [0.15, 0.2) is 0 Å². The second kappa shape index (κ2) is 5.85. The molecule has 21 heavy (non-hydrogen) atoms. The van der Waals surface area contributed by atoms with Crippen molar-refractivity contribution in [1.82, 2.24) is 4.90 Å². The molecule has 1 aromatic rings. The Morgan fingerprint density at radius 3 is 2.52 bits per heavy atom. The predicted molar refractivity (Wildman–Crippen MR) is 80.4 cm³/mol. The van der Waals surface area contributed by atoms with Crippen LogP contribution in [0.5, 0.6) is 5.75 Å². The van der Waals surface area contributed by atoms with Crippen molar-refractivity contribution < 1.29 is 15.0 Å². The third kappa shape index (κ3) is 3.16. The highest BCUT2D eigenvalue weighted by Gasteiger charge is 2.40. The molecule has 2 saturated heterocycles. The summed E-state index contributed by atoms with van der Waals surface area (Å²) in [4.78, 5) is 13.4. The number of carboxylic acid groups (broad SMARTS) is 1.